The van der Waals surface area contributed by atoms with Gasteiger partial charge in [-0.1, -0.05) is 49.6 Å². The highest BCUT2D eigenvalue weighted by Gasteiger charge is 2.33. The number of hydrogen-bond acceptors (Lipinski definition) is 3. The average Bonchev–Trinajstić information content (AvgIpc) is 2.61. The van der Waals surface area contributed by atoms with Crippen LogP contribution in [0.25, 0.3) is 0 Å². The minimum Gasteiger partial charge on any atom is -0.367 e. The third-order valence-electron chi connectivity index (χ3n) is 4.86. The minimum atomic E-state index is -0.989. The van der Waals surface area contributed by atoms with Crippen molar-refractivity contribution in [1.29, 1.82) is 0 Å². The SMILES string of the molecule is CO[C@@H](C(=O)NC(C)(C)C(=O)NCC1CCCCC1)c1ccccc1. The molecule has 2 N–H and O–H groups in total. The number of methoxy groups -OCH3 is 1. The second-order valence-electron chi connectivity index (χ2n) is 7.35. The number of nitrogens with one attached hydrogen (secondary N) is 2. The molecule has 0 aliphatic heterocycles. The minimum absolute atomic E-state index is 0.158. The van der Waals surface area contributed by atoms with Gasteiger partial charge in [-0.05, 0) is 38.2 Å². The third-order valence-corrected chi connectivity index (χ3v) is 4.86. The standard InChI is InChI=1S/C20H30N2O3/c1-20(2,19(24)21-14-15-10-6-4-7-11-15)22-18(23)17(25-3)16-12-8-5-9-13-16/h5,8-9,12-13,15,17H,4,6-7,10-11,14H2,1-3H3,(H,21,24)(H,22,23)/t17-/m1/s1. The molecule has 25 heavy (non-hydrogen) atoms. The Kier molecular flexibility index (Phi) is 7.00. The maximum Gasteiger partial charge on any atom is 0.254 e. The molecule has 1 aliphatic carbocycles. The van der Waals surface area contributed by atoms with Crippen LogP contribution in [-0.2, 0) is 14.3 Å². The van der Waals surface area contributed by atoms with Crippen molar-refractivity contribution in [3.05, 3.63) is 35.9 Å². The van der Waals surface area contributed by atoms with Gasteiger partial charge >= 0.3 is 0 Å². The van der Waals surface area contributed by atoms with E-state index >= 15 is 0 Å². The van der Waals surface area contributed by atoms with E-state index in [0.717, 1.165) is 5.56 Å². The molecule has 5 nitrogen and oxygen atoms in total. The lowest BCUT2D eigenvalue weighted by molar-refractivity contribution is -0.138. The van der Waals surface area contributed by atoms with Crippen molar-refractivity contribution in [3.8, 4) is 0 Å². The molecular weight excluding hydrogens is 316 g/mol. The van der Waals surface area contributed by atoms with E-state index in [-0.39, 0.29) is 11.8 Å². The first-order valence-electron chi connectivity index (χ1n) is 9.12. The summed E-state index contributed by atoms with van der Waals surface area (Å²) in [4.78, 5) is 25.1. The number of ether oxygens (including phenoxy) is 1. The molecule has 138 valence electrons. The van der Waals surface area contributed by atoms with Crippen molar-refractivity contribution in [3.63, 3.8) is 0 Å². The molecule has 1 aromatic carbocycles. The summed E-state index contributed by atoms with van der Waals surface area (Å²) in [6.07, 6.45) is 5.40. The molecule has 1 saturated carbocycles. The van der Waals surface area contributed by atoms with Gasteiger partial charge in [-0.2, -0.15) is 0 Å². The van der Waals surface area contributed by atoms with Gasteiger partial charge in [0.25, 0.3) is 5.91 Å². The Bertz CT molecular complexity index is 566. The van der Waals surface area contributed by atoms with E-state index in [1.54, 1.807) is 13.8 Å². The molecule has 0 unspecified atom stereocenters. The number of rotatable bonds is 7. The van der Waals surface area contributed by atoms with Crippen molar-refractivity contribution in [2.24, 2.45) is 5.92 Å². The Labute approximate surface area is 150 Å². The first-order valence-corrected chi connectivity index (χ1v) is 9.12. The molecule has 2 amide bonds. The van der Waals surface area contributed by atoms with E-state index in [0.29, 0.717) is 12.5 Å². The molecule has 0 saturated heterocycles. The van der Waals surface area contributed by atoms with Gasteiger partial charge in [0, 0.05) is 13.7 Å². The quantitative estimate of drug-likeness (QED) is 0.797. The normalized spacial score (nSPS) is 16.9. The Balaban J connectivity index is 1.91. The Morgan fingerprint density at radius 1 is 1.16 bits per heavy atom. The van der Waals surface area contributed by atoms with Crippen LogP contribution in [0.1, 0.15) is 57.6 Å². The van der Waals surface area contributed by atoms with Crippen LogP contribution in [-0.4, -0.2) is 31.0 Å². The lowest BCUT2D eigenvalue weighted by atomic mass is 9.89. The fourth-order valence-corrected chi connectivity index (χ4v) is 3.30. The van der Waals surface area contributed by atoms with E-state index in [1.165, 1.54) is 39.2 Å². The summed E-state index contributed by atoms with van der Waals surface area (Å²) in [5, 5.41) is 5.82. The highest BCUT2D eigenvalue weighted by Crippen LogP contribution is 2.23. The molecule has 1 aromatic rings. The fourth-order valence-electron chi connectivity index (χ4n) is 3.30. The van der Waals surface area contributed by atoms with Gasteiger partial charge in [-0.15, -0.1) is 0 Å². The summed E-state index contributed by atoms with van der Waals surface area (Å²) >= 11 is 0. The topological polar surface area (TPSA) is 67.4 Å². The predicted octanol–water partition coefficient (Wildman–Crippen LogP) is 2.97. The number of benzene rings is 1. The number of carbonyl (C=O) groups is 2. The largest absolute Gasteiger partial charge is 0.367 e. The average molecular weight is 346 g/mol. The van der Waals surface area contributed by atoms with Crippen LogP contribution in [0.2, 0.25) is 0 Å². The monoisotopic (exact) mass is 346 g/mol. The molecule has 0 radical (unpaired) electrons. The van der Waals surface area contributed by atoms with Crippen molar-refractivity contribution in [2.45, 2.75) is 57.6 Å². The van der Waals surface area contributed by atoms with Gasteiger partial charge in [-0.25, -0.2) is 0 Å². The summed E-state index contributed by atoms with van der Waals surface area (Å²) in [7, 11) is 1.49. The Hall–Kier alpha value is -1.88. The lowest BCUT2D eigenvalue weighted by Gasteiger charge is -2.29. The molecule has 1 fully saturated rings. The van der Waals surface area contributed by atoms with E-state index in [2.05, 4.69) is 10.6 Å². The molecule has 0 heterocycles. The van der Waals surface area contributed by atoms with Crippen molar-refractivity contribution < 1.29 is 14.3 Å². The molecule has 0 spiro atoms. The third kappa shape index (κ3) is 5.56. The zero-order valence-corrected chi connectivity index (χ0v) is 15.5. The van der Waals surface area contributed by atoms with Gasteiger partial charge in [0.05, 0.1) is 0 Å². The molecule has 1 aliphatic rings. The molecule has 0 aromatic heterocycles. The zero-order chi connectivity index (χ0) is 18.3. The first kappa shape index (κ1) is 19.4. The van der Waals surface area contributed by atoms with Crippen LogP contribution >= 0.6 is 0 Å². The van der Waals surface area contributed by atoms with Crippen LogP contribution in [0.5, 0.6) is 0 Å². The van der Waals surface area contributed by atoms with Crippen LogP contribution in [0, 0.1) is 5.92 Å². The Morgan fingerprint density at radius 3 is 2.40 bits per heavy atom. The molecule has 1 atom stereocenters. The van der Waals surface area contributed by atoms with Gasteiger partial charge in [-0.3, -0.25) is 9.59 Å². The molecule has 0 bridgehead atoms. The van der Waals surface area contributed by atoms with Crippen LogP contribution in [0.4, 0.5) is 0 Å². The summed E-state index contributed by atoms with van der Waals surface area (Å²) in [6.45, 7) is 4.13. The molecular formula is C20H30N2O3. The van der Waals surface area contributed by atoms with Crippen LogP contribution in [0.15, 0.2) is 30.3 Å². The second kappa shape index (κ2) is 8.99. The Morgan fingerprint density at radius 2 is 1.80 bits per heavy atom. The summed E-state index contributed by atoms with van der Waals surface area (Å²) in [5.74, 6) is 0.0844. The van der Waals surface area contributed by atoms with E-state index in [1.807, 2.05) is 30.3 Å². The maximum absolute atomic E-state index is 12.6. The molecule has 2 rings (SSSR count). The number of carbonyl (C=O) groups excluding carboxylic acids is 2. The van der Waals surface area contributed by atoms with E-state index < -0.39 is 11.6 Å². The van der Waals surface area contributed by atoms with Crippen molar-refractivity contribution in [1.82, 2.24) is 10.6 Å². The second-order valence-corrected chi connectivity index (χ2v) is 7.35. The summed E-state index contributed by atoms with van der Waals surface area (Å²) < 4.78 is 5.34. The highest BCUT2D eigenvalue weighted by molar-refractivity contribution is 5.92. The molecule has 5 heteroatoms. The maximum atomic E-state index is 12.6. The number of hydrogen-bond donors (Lipinski definition) is 2. The van der Waals surface area contributed by atoms with Crippen molar-refractivity contribution >= 4 is 11.8 Å². The van der Waals surface area contributed by atoms with Crippen molar-refractivity contribution in [2.75, 3.05) is 13.7 Å². The smallest absolute Gasteiger partial charge is 0.254 e. The number of amides is 2. The van der Waals surface area contributed by atoms with Gasteiger partial charge < -0.3 is 15.4 Å². The highest BCUT2D eigenvalue weighted by atomic mass is 16.5. The predicted molar refractivity (Wildman–Crippen MR) is 98.0 cm³/mol. The van der Waals surface area contributed by atoms with E-state index in [4.69, 9.17) is 4.74 Å². The van der Waals surface area contributed by atoms with Crippen LogP contribution < -0.4 is 10.6 Å². The van der Waals surface area contributed by atoms with Gasteiger partial charge in [0.2, 0.25) is 5.91 Å². The summed E-state index contributed by atoms with van der Waals surface area (Å²) in [6, 6.07) is 9.28. The van der Waals surface area contributed by atoms with E-state index in [9.17, 15) is 9.59 Å². The zero-order valence-electron chi connectivity index (χ0n) is 15.5. The van der Waals surface area contributed by atoms with Gasteiger partial charge in [0.1, 0.15) is 5.54 Å². The first-order chi connectivity index (χ1) is 11.9. The van der Waals surface area contributed by atoms with Gasteiger partial charge in [0.15, 0.2) is 6.10 Å². The van der Waals surface area contributed by atoms with Crippen LogP contribution in [0.3, 0.4) is 0 Å². The summed E-state index contributed by atoms with van der Waals surface area (Å²) in [5.41, 5.74) is -0.224. The lowest BCUT2D eigenvalue weighted by Crippen LogP contribution is -2.56. The fraction of sp³-hybridized carbons (Fsp3) is 0.600.